The van der Waals surface area contributed by atoms with Crippen molar-refractivity contribution in [1.82, 2.24) is 4.90 Å². The monoisotopic (exact) mass is 432 g/mol. The van der Waals surface area contributed by atoms with Gasteiger partial charge in [0, 0.05) is 11.5 Å². The van der Waals surface area contributed by atoms with Crippen molar-refractivity contribution in [1.29, 1.82) is 0 Å². The molecule has 0 bridgehead atoms. The topological polar surface area (TPSA) is 59.1 Å². The molecule has 0 unspecified atom stereocenters. The first-order valence-electron chi connectivity index (χ1n) is 8.61. The lowest BCUT2D eigenvalue weighted by Gasteiger charge is -2.30. The summed E-state index contributed by atoms with van der Waals surface area (Å²) in [6.45, 7) is 2.69. The third kappa shape index (κ3) is 4.60. The third-order valence-corrected chi connectivity index (χ3v) is 4.86. The van der Waals surface area contributed by atoms with Crippen LogP contribution in [0.5, 0.6) is 11.5 Å². The van der Waals surface area contributed by atoms with Crippen LogP contribution in [0.4, 0.5) is 5.69 Å². The Bertz CT molecular complexity index is 856. The van der Waals surface area contributed by atoms with Crippen molar-refractivity contribution >= 4 is 33.4 Å². The van der Waals surface area contributed by atoms with E-state index in [2.05, 4.69) is 15.9 Å². The highest BCUT2D eigenvalue weighted by Gasteiger charge is 2.28. The van der Waals surface area contributed by atoms with Crippen LogP contribution in [0.1, 0.15) is 5.56 Å². The van der Waals surface area contributed by atoms with Crippen LogP contribution in [0.15, 0.2) is 46.9 Å². The number of benzene rings is 2. The van der Waals surface area contributed by atoms with Gasteiger partial charge >= 0.3 is 0 Å². The molecule has 0 radical (unpaired) electrons. The first-order chi connectivity index (χ1) is 13.0. The number of hydrogen-bond donors (Lipinski definition) is 0. The van der Waals surface area contributed by atoms with Gasteiger partial charge < -0.3 is 14.4 Å². The third-order valence-electron chi connectivity index (χ3n) is 4.36. The number of anilines is 1. The summed E-state index contributed by atoms with van der Waals surface area (Å²) in [5, 5.41) is 0. The number of fused-ring (bicyclic) bond motifs is 1. The van der Waals surface area contributed by atoms with E-state index in [0.29, 0.717) is 24.6 Å². The van der Waals surface area contributed by atoms with Gasteiger partial charge in [-0.25, -0.2) is 0 Å². The molecule has 0 saturated heterocycles. The summed E-state index contributed by atoms with van der Waals surface area (Å²) in [6.07, 6.45) is 0. The Hall–Kier alpha value is -2.54. The molecule has 2 aromatic carbocycles. The number of rotatable bonds is 6. The fourth-order valence-electron chi connectivity index (χ4n) is 2.74. The average Bonchev–Trinajstić information content (AvgIpc) is 2.65. The zero-order chi connectivity index (χ0) is 19.4. The molecule has 0 fully saturated rings. The van der Waals surface area contributed by atoms with Gasteiger partial charge in [0.25, 0.3) is 5.91 Å². The Balaban J connectivity index is 1.58. The highest BCUT2D eigenvalue weighted by Crippen LogP contribution is 2.34. The molecule has 2 aromatic rings. The van der Waals surface area contributed by atoms with Gasteiger partial charge in [-0.3, -0.25) is 14.5 Å². The number of aryl methyl sites for hydroxylation is 1. The molecule has 7 heteroatoms. The molecule has 1 heterocycles. The largest absolute Gasteiger partial charge is 0.491 e. The van der Waals surface area contributed by atoms with Crippen molar-refractivity contribution < 1.29 is 19.1 Å². The normalized spacial score (nSPS) is 13.0. The highest BCUT2D eigenvalue weighted by atomic mass is 79.9. The summed E-state index contributed by atoms with van der Waals surface area (Å²) in [7, 11) is 1.71. The zero-order valence-corrected chi connectivity index (χ0v) is 16.9. The Morgan fingerprint density at radius 1 is 1.30 bits per heavy atom. The maximum absolute atomic E-state index is 12.6. The summed E-state index contributed by atoms with van der Waals surface area (Å²) in [4.78, 5) is 27.8. The number of nitrogens with zero attached hydrogens (tertiary/aromatic N) is 2. The minimum atomic E-state index is -0.234. The van der Waals surface area contributed by atoms with Gasteiger partial charge in [0.05, 0.1) is 12.2 Å². The number of carbonyl (C=O) groups excluding carboxylic acids is 2. The summed E-state index contributed by atoms with van der Waals surface area (Å²) >= 11 is 3.38. The molecule has 142 valence electrons. The number of likely N-dealkylation sites (N-methyl/N-ethyl adjacent to an activating group) is 1. The maximum Gasteiger partial charge on any atom is 0.265 e. The van der Waals surface area contributed by atoms with Crippen molar-refractivity contribution in [2.75, 3.05) is 38.3 Å². The average molecular weight is 433 g/mol. The van der Waals surface area contributed by atoms with Crippen LogP contribution in [0.25, 0.3) is 0 Å². The zero-order valence-electron chi connectivity index (χ0n) is 15.3. The van der Waals surface area contributed by atoms with Crippen molar-refractivity contribution in [3.05, 3.63) is 52.5 Å². The summed E-state index contributed by atoms with van der Waals surface area (Å²) in [5.41, 5.74) is 1.65. The molecule has 0 aromatic heterocycles. The minimum Gasteiger partial charge on any atom is -0.491 e. The molecule has 0 spiro atoms. The van der Waals surface area contributed by atoms with Crippen molar-refractivity contribution in [2.45, 2.75) is 6.92 Å². The first kappa shape index (κ1) is 19.2. The summed E-state index contributed by atoms with van der Waals surface area (Å²) in [5.74, 6) is 0.999. The van der Waals surface area contributed by atoms with Crippen LogP contribution >= 0.6 is 15.9 Å². The van der Waals surface area contributed by atoms with E-state index < -0.39 is 0 Å². The van der Waals surface area contributed by atoms with Crippen LogP contribution in [0, 0.1) is 6.92 Å². The lowest BCUT2D eigenvalue weighted by Crippen LogP contribution is -2.46. The first-order valence-corrected chi connectivity index (χ1v) is 9.40. The van der Waals surface area contributed by atoms with Crippen molar-refractivity contribution in [3.8, 4) is 11.5 Å². The number of halogens is 1. The van der Waals surface area contributed by atoms with Crippen LogP contribution < -0.4 is 14.4 Å². The second-order valence-corrected chi connectivity index (χ2v) is 7.23. The maximum atomic E-state index is 12.6. The number of carbonyl (C=O) groups is 2. The SMILES string of the molecule is Cc1ccccc1OCCN(C)C(=O)CN1C(=O)COc2cc(Br)ccc21. The van der Waals surface area contributed by atoms with E-state index in [0.717, 1.165) is 15.8 Å². The van der Waals surface area contributed by atoms with E-state index in [1.54, 1.807) is 24.1 Å². The molecule has 27 heavy (non-hydrogen) atoms. The number of para-hydroxylation sites is 1. The van der Waals surface area contributed by atoms with E-state index in [-0.39, 0.29) is 25.0 Å². The van der Waals surface area contributed by atoms with Crippen LogP contribution in [0.2, 0.25) is 0 Å². The fraction of sp³-hybridized carbons (Fsp3) is 0.300. The Labute approximate surface area is 166 Å². The van der Waals surface area contributed by atoms with Gasteiger partial charge in [0.15, 0.2) is 6.61 Å². The molecule has 0 saturated carbocycles. The lowest BCUT2D eigenvalue weighted by atomic mass is 10.2. The minimum absolute atomic E-state index is 0.0301. The second kappa shape index (κ2) is 8.43. The molecular formula is C20H21BrN2O4. The molecule has 1 aliphatic rings. The quantitative estimate of drug-likeness (QED) is 0.703. The van der Waals surface area contributed by atoms with E-state index >= 15 is 0 Å². The number of ether oxygens (including phenoxy) is 2. The van der Waals surface area contributed by atoms with Crippen molar-refractivity contribution in [2.24, 2.45) is 0 Å². The lowest BCUT2D eigenvalue weighted by molar-refractivity contribution is -0.131. The van der Waals surface area contributed by atoms with E-state index in [9.17, 15) is 9.59 Å². The Morgan fingerprint density at radius 3 is 2.85 bits per heavy atom. The Kier molecular flexibility index (Phi) is 6.01. The van der Waals surface area contributed by atoms with Crippen LogP contribution in [-0.4, -0.2) is 50.1 Å². The summed E-state index contributed by atoms with van der Waals surface area (Å²) in [6, 6.07) is 13.1. The molecule has 6 nitrogen and oxygen atoms in total. The van der Waals surface area contributed by atoms with Gasteiger partial charge in [0.2, 0.25) is 5.91 Å². The van der Waals surface area contributed by atoms with Gasteiger partial charge in [-0.05, 0) is 36.8 Å². The second-order valence-electron chi connectivity index (χ2n) is 6.31. The standard InChI is InChI=1S/C20H21BrN2O4/c1-14-5-3-4-6-17(14)26-10-9-22(2)19(24)12-23-16-8-7-15(21)11-18(16)27-13-20(23)25/h3-8,11H,9-10,12-13H2,1-2H3. The fourth-order valence-corrected chi connectivity index (χ4v) is 3.08. The van der Waals surface area contributed by atoms with Gasteiger partial charge in [-0.15, -0.1) is 0 Å². The number of amides is 2. The molecule has 3 rings (SSSR count). The van der Waals surface area contributed by atoms with E-state index in [1.165, 1.54) is 4.90 Å². The van der Waals surface area contributed by atoms with Crippen molar-refractivity contribution in [3.63, 3.8) is 0 Å². The molecule has 2 amide bonds. The molecule has 0 atom stereocenters. The van der Waals surface area contributed by atoms with E-state index in [4.69, 9.17) is 9.47 Å². The smallest absolute Gasteiger partial charge is 0.265 e. The molecule has 0 N–H and O–H groups in total. The highest BCUT2D eigenvalue weighted by molar-refractivity contribution is 9.10. The van der Waals surface area contributed by atoms with Crippen LogP contribution in [0.3, 0.4) is 0 Å². The van der Waals surface area contributed by atoms with E-state index in [1.807, 2.05) is 37.3 Å². The Morgan fingerprint density at radius 2 is 2.07 bits per heavy atom. The van der Waals surface area contributed by atoms with Crippen LogP contribution in [-0.2, 0) is 9.59 Å². The van der Waals surface area contributed by atoms with Gasteiger partial charge in [-0.1, -0.05) is 34.1 Å². The predicted molar refractivity (Wildman–Crippen MR) is 106 cm³/mol. The molecular weight excluding hydrogens is 412 g/mol. The van der Waals surface area contributed by atoms with Gasteiger partial charge in [-0.2, -0.15) is 0 Å². The van der Waals surface area contributed by atoms with Gasteiger partial charge in [0.1, 0.15) is 24.7 Å². The predicted octanol–water partition coefficient (Wildman–Crippen LogP) is 3.02. The number of hydrogen-bond acceptors (Lipinski definition) is 4. The molecule has 1 aliphatic heterocycles. The molecule has 0 aliphatic carbocycles. The summed E-state index contributed by atoms with van der Waals surface area (Å²) < 4.78 is 12.0.